The van der Waals surface area contributed by atoms with Crippen LogP contribution in [0.4, 0.5) is 5.82 Å². The smallest absolute Gasteiger partial charge is 0.351 e. The third-order valence-electron chi connectivity index (χ3n) is 3.11. The Labute approximate surface area is 118 Å². The van der Waals surface area contributed by atoms with Gasteiger partial charge in [-0.3, -0.25) is 4.57 Å². The van der Waals surface area contributed by atoms with Gasteiger partial charge < -0.3 is 9.64 Å². The summed E-state index contributed by atoms with van der Waals surface area (Å²) in [5.41, 5.74) is -0.240. The van der Waals surface area contributed by atoms with E-state index in [1.165, 1.54) is 0 Å². The van der Waals surface area contributed by atoms with Gasteiger partial charge in [0.25, 0.3) is 0 Å². The fraction of sp³-hybridized carbons (Fsp3) is 0.692. The minimum Gasteiger partial charge on any atom is -0.352 e. The summed E-state index contributed by atoms with van der Waals surface area (Å²) in [6.45, 7) is 8.40. The average Bonchev–Trinajstić information content (AvgIpc) is 2.81. The van der Waals surface area contributed by atoms with Gasteiger partial charge in [-0.25, -0.2) is 4.79 Å². The zero-order valence-electron chi connectivity index (χ0n) is 11.9. The van der Waals surface area contributed by atoms with E-state index in [0.717, 1.165) is 11.6 Å². The first-order valence-electron chi connectivity index (χ1n) is 6.57. The van der Waals surface area contributed by atoms with E-state index in [9.17, 15) is 4.79 Å². The number of ether oxygens (including phenoxy) is 1. The molecule has 0 N–H and O–H groups in total. The highest BCUT2D eigenvalue weighted by Crippen LogP contribution is 2.24. The molecule has 19 heavy (non-hydrogen) atoms. The Bertz CT molecular complexity index is 473. The Balaban J connectivity index is 2.29. The molecule has 0 bridgehead atoms. The maximum Gasteiger partial charge on any atom is 0.351 e. The van der Waals surface area contributed by atoms with Crippen molar-refractivity contribution in [2.45, 2.75) is 46.0 Å². The Morgan fingerprint density at radius 3 is 2.58 bits per heavy atom. The molecule has 1 aromatic rings. The molecule has 2 heterocycles. The second kappa shape index (κ2) is 5.96. The van der Waals surface area contributed by atoms with Crippen LogP contribution in [0.2, 0.25) is 0 Å². The van der Waals surface area contributed by atoms with Crippen molar-refractivity contribution in [3.05, 3.63) is 22.7 Å². The van der Waals surface area contributed by atoms with Crippen molar-refractivity contribution in [1.29, 1.82) is 0 Å². The van der Waals surface area contributed by atoms with E-state index in [0.29, 0.717) is 18.0 Å². The molecule has 0 radical (unpaired) electrons. The highest BCUT2D eigenvalue weighted by Gasteiger charge is 2.21. The van der Waals surface area contributed by atoms with Crippen LogP contribution in [0.1, 0.15) is 33.9 Å². The molecule has 1 aliphatic heterocycles. The Hall–Kier alpha value is -1.01. The molecule has 2 rings (SSSR count). The van der Waals surface area contributed by atoms with Crippen molar-refractivity contribution in [3.8, 4) is 0 Å². The second-order valence-corrected chi connectivity index (χ2v) is 6.16. The van der Waals surface area contributed by atoms with Crippen LogP contribution in [-0.4, -0.2) is 33.3 Å². The number of thioether (sulfide) groups is 1. The second-order valence-electron chi connectivity index (χ2n) is 5.18. The van der Waals surface area contributed by atoms with E-state index in [4.69, 9.17) is 4.74 Å². The molecule has 1 aromatic heterocycles. The van der Waals surface area contributed by atoms with Crippen molar-refractivity contribution in [2.75, 3.05) is 16.6 Å². The Morgan fingerprint density at radius 2 is 2.11 bits per heavy atom. The number of aromatic nitrogens is 2. The van der Waals surface area contributed by atoms with Gasteiger partial charge in [0.2, 0.25) is 0 Å². The molecule has 0 spiro atoms. The third-order valence-corrected chi connectivity index (χ3v) is 3.93. The van der Waals surface area contributed by atoms with Crippen molar-refractivity contribution in [2.24, 2.45) is 0 Å². The van der Waals surface area contributed by atoms with Gasteiger partial charge in [0.05, 0.1) is 5.94 Å². The van der Waals surface area contributed by atoms with E-state index < -0.39 is 0 Å². The lowest BCUT2D eigenvalue weighted by atomic mass is 10.2. The first kappa shape index (κ1) is 14.4. The summed E-state index contributed by atoms with van der Waals surface area (Å²) in [6, 6.07) is 2.51. The van der Waals surface area contributed by atoms with Crippen molar-refractivity contribution in [3.63, 3.8) is 0 Å². The summed E-state index contributed by atoms with van der Waals surface area (Å²) in [5, 5.41) is 0. The van der Waals surface area contributed by atoms with Gasteiger partial charge in [-0.1, -0.05) is 0 Å². The van der Waals surface area contributed by atoms with Gasteiger partial charge in [-0.15, -0.1) is 11.8 Å². The molecule has 0 amide bonds. The molecule has 1 saturated heterocycles. The molecule has 0 aromatic carbocycles. The lowest BCUT2D eigenvalue weighted by Gasteiger charge is -2.31. The van der Waals surface area contributed by atoms with Crippen LogP contribution in [0, 0.1) is 0 Å². The monoisotopic (exact) mass is 283 g/mol. The molecule has 0 unspecified atom stereocenters. The van der Waals surface area contributed by atoms with Gasteiger partial charge >= 0.3 is 5.69 Å². The van der Waals surface area contributed by atoms with E-state index >= 15 is 0 Å². The van der Waals surface area contributed by atoms with Crippen LogP contribution < -0.4 is 10.6 Å². The Kier molecular flexibility index (Phi) is 4.52. The van der Waals surface area contributed by atoms with Gasteiger partial charge in [-0.2, -0.15) is 4.98 Å². The molecule has 0 aliphatic carbocycles. The van der Waals surface area contributed by atoms with Gasteiger partial charge in [0, 0.05) is 24.0 Å². The van der Waals surface area contributed by atoms with E-state index in [1.54, 1.807) is 22.5 Å². The van der Waals surface area contributed by atoms with E-state index in [1.807, 2.05) is 6.07 Å². The average molecular weight is 283 g/mol. The first-order chi connectivity index (χ1) is 9.00. The molecule has 1 atom stereocenters. The highest BCUT2D eigenvalue weighted by molar-refractivity contribution is 7.99. The predicted octanol–water partition coefficient (Wildman–Crippen LogP) is 2.09. The zero-order chi connectivity index (χ0) is 14.0. The first-order valence-corrected chi connectivity index (χ1v) is 7.73. The quantitative estimate of drug-likeness (QED) is 0.846. The molecular weight excluding hydrogens is 262 g/mol. The SMILES string of the molecule is CC(C)N(c1ccn([C@@H]2CSCO2)c(=O)n1)C(C)C. The van der Waals surface area contributed by atoms with Crippen LogP contribution in [0.5, 0.6) is 0 Å². The largest absolute Gasteiger partial charge is 0.352 e. The molecule has 6 heteroatoms. The topological polar surface area (TPSA) is 47.4 Å². The van der Waals surface area contributed by atoms with Crippen LogP contribution in [-0.2, 0) is 4.74 Å². The number of anilines is 1. The third kappa shape index (κ3) is 3.12. The number of rotatable bonds is 4. The highest BCUT2D eigenvalue weighted by atomic mass is 32.2. The van der Waals surface area contributed by atoms with Crippen molar-refractivity contribution < 1.29 is 4.74 Å². The summed E-state index contributed by atoms with van der Waals surface area (Å²) < 4.78 is 7.06. The van der Waals surface area contributed by atoms with Gasteiger partial charge in [0.15, 0.2) is 0 Å². The number of hydrogen-bond donors (Lipinski definition) is 0. The summed E-state index contributed by atoms with van der Waals surface area (Å²) in [5.74, 6) is 2.18. The maximum atomic E-state index is 12.1. The predicted molar refractivity (Wildman–Crippen MR) is 78.7 cm³/mol. The lowest BCUT2D eigenvalue weighted by molar-refractivity contribution is 0.0639. The fourth-order valence-corrected chi connectivity index (χ4v) is 3.18. The summed E-state index contributed by atoms with van der Waals surface area (Å²) in [6.07, 6.45) is 1.62. The molecule has 106 valence electrons. The summed E-state index contributed by atoms with van der Waals surface area (Å²) in [7, 11) is 0. The van der Waals surface area contributed by atoms with Crippen LogP contribution >= 0.6 is 11.8 Å². The maximum absolute atomic E-state index is 12.1. The summed E-state index contributed by atoms with van der Waals surface area (Å²) >= 11 is 1.69. The van der Waals surface area contributed by atoms with Crippen molar-refractivity contribution >= 4 is 17.6 Å². The zero-order valence-corrected chi connectivity index (χ0v) is 12.7. The molecule has 1 aliphatic rings. The van der Waals surface area contributed by atoms with Gasteiger partial charge in [0.1, 0.15) is 12.0 Å². The molecule has 1 fully saturated rings. The molecular formula is C13H21N3O2S. The standard InChI is InChI=1S/C13H21N3O2S/c1-9(2)16(10(3)4)11-5-6-15(13(17)14-11)12-7-19-8-18-12/h5-6,9-10,12H,7-8H2,1-4H3/t12-/m0/s1. The summed E-state index contributed by atoms with van der Waals surface area (Å²) in [4.78, 5) is 18.5. The molecule has 5 nitrogen and oxygen atoms in total. The van der Waals surface area contributed by atoms with Crippen LogP contribution in [0.3, 0.4) is 0 Å². The minimum atomic E-state index is -0.240. The number of nitrogens with zero attached hydrogens (tertiary/aromatic N) is 3. The minimum absolute atomic E-state index is 0.175. The van der Waals surface area contributed by atoms with E-state index in [-0.39, 0.29) is 11.9 Å². The normalized spacial score (nSPS) is 19.4. The van der Waals surface area contributed by atoms with Crippen molar-refractivity contribution in [1.82, 2.24) is 9.55 Å². The Morgan fingerprint density at radius 1 is 1.42 bits per heavy atom. The van der Waals surface area contributed by atoms with Crippen LogP contribution in [0.25, 0.3) is 0 Å². The van der Waals surface area contributed by atoms with Gasteiger partial charge in [-0.05, 0) is 33.8 Å². The fourth-order valence-electron chi connectivity index (χ4n) is 2.38. The van der Waals surface area contributed by atoms with E-state index in [2.05, 4.69) is 37.6 Å². The van der Waals surface area contributed by atoms with Crippen LogP contribution in [0.15, 0.2) is 17.1 Å². The lowest BCUT2D eigenvalue weighted by Crippen LogP contribution is -2.39. The number of hydrogen-bond acceptors (Lipinski definition) is 5. The molecule has 0 saturated carbocycles.